The van der Waals surface area contributed by atoms with Crippen molar-refractivity contribution in [1.82, 2.24) is 20.4 Å². The normalized spacial score (nSPS) is 16.8. The third kappa shape index (κ3) is 6.72. The number of amides is 2. The lowest BCUT2D eigenvalue weighted by atomic mass is 9.82. The molecule has 2 aromatic heterocycles. The lowest BCUT2D eigenvalue weighted by molar-refractivity contribution is -0.385. The maximum atomic E-state index is 12.5. The fraction of sp³-hybridized carbons (Fsp3) is 0.333. The molecule has 2 N–H and O–H groups in total. The summed E-state index contributed by atoms with van der Waals surface area (Å²) in [6, 6.07) is 14.0. The van der Waals surface area contributed by atoms with Crippen molar-refractivity contribution in [3.05, 3.63) is 85.4 Å². The fourth-order valence-corrected chi connectivity index (χ4v) is 6.67. The van der Waals surface area contributed by atoms with Crippen molar-refractivity contribution in [2.24, 2.45) is 0 Å². The van der Waals surface area contributed by atoms with Crippen LogP contribution in [0.25, 0.3) is 0 Å². The topological polar surface area (TPSA) is 153 Å². The predicted molar refractivity (Wildman–Crippen MR) is 153 cm³/mol. The largest absolute Gasteiger partial charge is 0.300 e. The van der Waals surface area contributed by atoms with Crippen molar-refractivity contribution in [3.63, 3.8) is 0 Å². The Morgan fingerprint density at radius 3 is 1.95 bits per heavy atom. The Balaban J connectivity index is 1.16. The van der Waals surface area contributed by atoms with Gasteiger partial charge in [0.2, 0.25) is 22.1 Å². The SMILES string of the molecule is Cc1ccccc1CC(=O)Nc1nnc([C@@H]2CCC[C@@H](c3nnc(NC(=O)Cc4ccccc4[N+](=O)[O-])s3)C2)s1. The standard InChI is InChI=1S/C27H27N7O4S2/c1-16-7-2-3-8-17(16)14-22(35)28-26-32-30-24(39-26)19-10-6-11-20(13-19)25-31-33-27(40-25)29-23(36)15-18-9-4-5-12-21(18)34(37)38/h2-5,7-9,12,19-20H,6,10-11,13-15H2,1H3,(H,28,32,35)(H,29,33,36)/t19-,20-/m1/s1. The van der Waals surface area contributed by atoms with Crippen LogP contribution in [0.1, 0.15) is 64.2 Å². The Bertz CT molecular complexity index is 1540. The van der Waals surface area contributed by atoms with Gasteiger partial charge in [-0.1, -0.05) is 71.6 Å². The summed E-state index contributed by atoms with van der Waals surface area (Å²) in [4.78, 5) is 35.8. The molecule has 206 valence electrons. The first-order valence-corrected chi connectivity index (χ1v) is 14.5. The van der Waals surface area contributed by atoms with E-state index in [0.29, 0.717) is 15.8 Å². The van der Waals surface area contributed by atoms with Gasteiger partial charge in [0.25, 0.3) is 5.69 Å². The van der Waals surface area contributed by atoms with Gasteiger partial charge in [0.15, 0.2) is 0 Å². The van der Waals surface area contributed by atoms with E-state index in [9.17, 15) is 19.7 Å². The van der Waals surface area contributed by atoms with Crippen molar-refractivity contribution in [3.8, 4) is 0 Å². The monoisotopic (exact) mass is 577 g/mol. The van der Waals surface area contributed by atoms with Crippen molar-refractivity contribution < 1.29 is 14.5 Å². The number of nitrogens with zero attached hydrogens (tertiary/aromatic N) is 5. The maximum absolute atomic E-state index is 12.5. The molecular formula is C27H27N7O4S2. The van der Waals surface area contributed by atoms with Gasteiger partial charge in [-0.3, -0.25) is 19.7 Å². The summed E-state index contributed by atoms with van der Waals surface area (Å²) in [5, 5.41) is 36.4. The molecule has 0 unspecified atom stereocenters. The summed E-state index contributed by atoms with van der Waals surface area (Å²) < 4.78 is 0. The lowest BCUT2D eigenvalue weighted by Gasteiger charge is -2.25. The first kappa shape index (κ1) is 27.5. The van der Waals surface area contributed by atoms with Gasteiger partial charge in [0, 0.05) is 23.5 Å². The molecule has 2 amide bonds. The average molecular weight is 578 g/mol. The highest BCUT2D eigenvalue weighted by atomic mass is 32.1. The number of aromatic nitrogens is 4. The van der Waals surface area contributed by atoms with Crippen molar-refractivity contribution in [1.29, 1.82) is 0 Å². The Labute approximate surface area is 238 Å². The van der Waals surface area contributed by atoms with Gasteiger partial charge in [0.05, 0.1) is 17.8 Å². The summed E-state index contributed by atoms with van der Waals surface area (Å²) in [6.07, 6.45) is 3.89. The zero-order valence-corrected chi connectivity index (χ0v) is 23.3. The second-order valence-electron chi connectivity index (χ2n) is 9.71. The molecule has 0 aliphatic heterocycles. The number of para-hydroxylation sites is 1. The molecule has 1 fully saturated rings. The predicted octanol–water partition coefficient (Wildman–Crippen LogP) is 5.41. The molecule has 0 bridgehead atoms. The Kier molecular flexibility index (Phi) is 8.51. The molecule has 0 radical (unpaired) electrons. The van der Waals surface area contributed by atoms with Crippen LogP contribution in [0.15, 0.2) is 48.5 Å². The molecule has 1 saturated carbocycles. The molecule has 2 heterocycles. The number of carbonyl (C=O) groups is 2. The van der Waals surface area contributed by atoms with E-state index in [-0.39, 0.29) is 42.2 Å². The average Bonchev–Trinajstić information content (AvgIpc) is 3.60. The fourth-order valence-electron chi connectivity index (χ4n) is 4.86. The molecule has 11 nitrogen and oxygen atoms in total. The number of carbonyl (C=O) groups excluding carboxylic acids is 2. The minimum Gasteiger partial charge on any atom is -0.300 e. The van der Waals surface area contributed by atoms with E-state index in [1.54, 1.807) is 18.2 Å². The second kappa shape index (κ2) is 12.4. The minimum absolute atomic E-state index is 0.0884. The van der Waals surface area contributed by atoms with Gasteiger partial charge in [0.1, 0.15) is 10.0 Å². The van der Waals surface area contributed by atoms with Gasteiger partial charge in [-0.25, -0.2) is 0 Å². The molecule has 4 aromatic rings. The summed E-state index contributed by atoms with van der Waals surface area (Å²) in [5.74, 6) is -0.146. The highest BCUT2D eigenvalue weighted by molar-refractivity contribution is 7.15. The molecule has 5 rings (SSSR count). The molecule has 0 saturated heterocycles. The molecule has 13 heteroatoms. The van der Waals surface area contributed by atoms with Gasteiger partial charge in [-0.05, 0) is 37.3 Å². The first-order valence-electron chi connectivity index (χ1n) is 12.9. The van der Waals surface area contributed by atoms with Gasteiger partial charge < -0.3 is 10.6 Å². The highest BCUT2D eigenvalue weighted by Gasteiger charge is 2.29. The van der Waals surface area contributed by atoms with E-state index < -0.39 is 4.92 Å². The van der Waals surface area contributed by atoms with Crippen LogP contribution in [-0.2, 0) is 22.4 Å². The summed E-state index contributed by atoms with van der Waals surface area (Å²) in [6.45, 7) is 1.98. The molecule has 40 heavy (non-hydrogen) atoms. The highest BCUT2D eigenvalue weighted by Crippen LogP contribution is 2.43. The summed E-state index contributed by atoms with van der Waals surface area (Å²) >= 11 is 2.73. The van der Waals surface area contributed by atoms with Crippen LogP contribution < -0.4 is 10.6 Å². The van der Waals surface area contributed by atoms with Crippen LogP contribution in [0.5, 0.6) is 0 Å². The van der Waals surface area contributed by atoms with Crippen LogP contribution in [0.2, 0.25) is 0 Å². The molecular weight excluding hydrogens is 550 g/mol. The number of hydrogen-bond donors (Lipinski definition) is 2. The summed E-state index contributed by atoms with van der Waals surface area (Å²) in [7, 11) is 0. The summed E-state index contributed by atoms with van der Waals surface area (Å²) in [5.41, 5.74) is 2.31. The Hall–Kier alpha value is -4.10. The van der Waals surface area contributed by atoms with Crippen molar-refractivity contribution >= 4 is 50.4 Å². The number of benzene rings is 2. The van der Waals surface area contributed by atoms with E-state index in [0.717, 1.165) is 46.8 Å². The van der Waals surface area contributed by atoms with Crippen LogP contribution in [0, 0.1) is 17.0 Å². The third-order valence-electron chi connectivity index (χ3n) is 6.90. The van der Waals surface area contributed by atoms with E-state index in [2.05, 4.69) is 31.0 Å². The number of nitro groups is 1. The zero-order chi connectivity index (χ0) is 28.1. The van der Waals surface area contributed by atoms with Gasteiger partial charge >= 0.3 is 0 Å². The smallest absolute Gasteiger partial charge is 0.273 e. The van der Waals surface area contributed by atoms with Crippen molar-refractivity contribution in [2.45, 2.75) is 57.3 Å². The third-order valence-corrected chi connectivity index (χ3v) is 8.90. The number of nitrogens with one attached hydrogen (secondary N) is 2. The second-order valence-corrected chi connectivity index (χ2v) is 11.7. The van der Waals surface area contributed by atoms with E-state index >= 15 is 0 Å². The minimum atomic E-state index is -0.494. The molecule has 2 aromatic carbocycles. The number of hydrogen-bond acceptors (Lipinski definition) is 10. The van der Waals surface area contributed by atoms with Crippen LogP contribution >= 0.6 is 22.7 Å². The Morgan fingerprint density at radius 2 is 1.38 bits per heavy atom. The van der Waals surface area contributed by atoms with E-state index in [1.807, 2.05) is 31.2 Å². The van der Waals surface area contributed by atoms with Gasteiger partial charge in [-0.15, -0.1) is 20.4 Å². The number of rotatable bonds is 9. The molecule has 0 spiro atoms. The lowest BCUT2D eigenvalue weighted by Crippen LogP contribution is -2.15. The number of anilines is 2. The van der Waals surface area contributed by atoms with E-state index in [1.165, 1.54) is 28.7 Å². The molecule has 1 aliphatic carbocycles. The van der Waals surface area contributed by atoms with Gasteiger partial charge in [-0.2, -0.15) is 0 Å². The van der Waals surface area contributed by atoms with Crippen LogP contribution in [-0.4, -0.2) is 37.1 Å². The zero-order valence-electron chi connectivity index (χ0n) is 21.7. The quantitative estimate of drug-likeness (QED) is 0.198. The van der Waals surface area contributed by atoms with E-state index in [4.69, 9.17) is 0 Å². The van der Waals surface area contributed by atoms with Crippen molar-refractivity contribution in [2.75, 3.05) is 10.6 Å². The number of aryl methyl sites for hydroxylation is 1. The first-order chi connectivity index (χ1) is 19.4. The molecule has 2 atom stereocenters. The molecule has 1 aliphatic rings. The maximum Gasteiger partial charge on any atom is 0.273 e. The van der Waals surface area contributed by atoms with Crippen LogP contribution in [0.4, 0.5) is 16.0 Å². The van der Waals surface area contributed by atoms with Crippen LogP contribution in [0.3, 0.4) is 0 Å². The Morgan fingerprint density at radius 1 is 0.850 bits per heavy atom. The number of nitro benzene ring substituents is 1.